The Morgan fingerprint density at radius 3 is 2.27 bits per heavy atom. The van der Waals surface area contributed by atoms with Gasteiger partial charge in [0.05, 0.1) is 58.7 Å². The van der Waals surface area contributed by atoms with Crippen molar-refractivity contribution in [1.82, 2.24) is 19.5 Å². The van der Waals surface area contributed by atoms with Gasteiger partial charge in [-0.15, -0.1) is 0 Å². The first-order chi connectivity index (χ1) is 23.5. The van der Waals surface area contributed by atoms with Crippen molar-refractivity contribution in [3.05, 3.63) is 119 Å². The molecule has 4 atom stereocenters. The molecule has 1 aliphatic heterocycles. The molecule has 0 saturated carbocycles. The quantitative estimate of drug-likeness (QED) is 0.0933. The lowest BCUT2D eigenvalue weighted by atomic mass is 9.80. The maximum absolute atomic E-state index is 12.4. The lowest BCUT2D eigenvalue weighted by molar-refractivity contribution is -0.0903. The van der Waals surface area contributed by atoms with Crippen LogP contribution >= 0.6 is 8.53 Å². The summed E-state index contributed by atoms with van der Waals surface area (Å²) in [5.41, 5.74) is 7.97. The number of hydrogen-bond donors (Lipinski definition) is 2. The van der Waals surface area contributed by atoms with Crippen LogP contribution in [0.1, 0.15) is 35.8 Å². The van der Waals surface area contributed by atoms with E-state index < -0.39 is 32.6 Å². The van der Waals surface area contributed by atoms with E-state index in [9.17, 15) is 4.79 Å². The summed E-state index contributed by atoms with van der Waals surface area (Å²) in [5.74, 6) is 1.41. The number of nitrogens with one attached hydrogen (secondary N) is 1. The molecular formula is C34H35N6O7P. The van der Waals surface area contributed by atoms with Gasteiger partial charge in [0.15, 0.2) is 11.2 Å². The fraction of sp³-hybridized carbons (Fsp3) is 0.294. The largest absolute Gasteiger partial charge is 0.497 e. The van der Waals surface area contributed by atoms with Crippen LogP contribution in [-0.4, -0.2) is 59.2 Å². The van der Waals surface area contributed by atoms with Gasteiger partial charge in [-0.3, -0.25) is 14.9 Å². The molecule has 248 valence electrons. The smallest absolute Gasteiger partial charge is 0.278 e. The zero-order valence-electron chi connectivity index (χ0n) is 26.4. The molecule has 0 spiro atoms. The number of imidazole rings is 1. The average molecular weight is 671 g/mol. The van der Waals surface area contributed by atoms with Crippen LogP contribution in [0.5, 0.6) is 11.5 Å². The van der Waals surface area contributed by atoms with Gasteiger partial charge in [0.25, 0.3) is 14.1 Å². The lowest BCUT2D eigenvalue weighted by Crippen LogP contribution is -2.38. The van der Waals surface area contributed by atoms with Crippen molar-refractivity contribution < 1.29 is 28.0 Å². The van der Waals surface area contributed by atoms with Gasteiger partial charge in [0.1, 0.15) is 29.4 Å². The third-order valence-corrected chi connectivity index (χ3v) is 9.08. The van der Waals surface area contributed by atoms with Crippen molar-refractivity contribution in [2.45, 2.75) is 36.9 Å². The molecule has 2 aromatic heterocycles. The van der Waals surface area contributed by atoms with E-state index in [1.807, 2.05) is 84.9 Å². The highest BCUT2D eigenvalue weighted by atomic mass is 31.2. The number of aromatic amines is 1. The molecule has 1 fully saturated rings. The first kappa shape index (κ1) is 33.2. The summed E-state index contributed by atoms with van der Waals surface area (Å²) in [4.78, 5) is 23.5. The second-order valence-corrected chi connectivity index (χ2v) is 11.9. The third-order valence-electron chi connectivity index (χ3n) is 8.17. The minimum atomic E-state index is -1.84. The Kier molecular flexibility index (Phi) is 10.4. The van der Waals surface area contributed by atoms with Crippen molar-refractivity contribution in [1.29, 1.82) is 5.26 Å². The molecular weight excluding hydrogens is 635 g/mol. The van der Waals surface area contributed by atoms with Crippen molar-refractivity contribution in [2.75, 3.05) is 27.4 Å². The molecule has 13 nitrogen and oxygen atoms in total. The van der Waals surface area contributed by atoms with Crippen molar-refractivity contribution >= 4 is 19.7 Å². The van der Waals surface area contributed by atoms with E-state index in [1.54, 1.807) is 18.8 Å². The van der Waals surface area contributed by atoms with Crippen LogP contribution in [-0.2, 0) is 24.1 Å². The Labute approximate surface area is 278 Å². The number of nitrogens with two attached hydrogens (primary N) is 1. The number of methoxy groups -OCH3 is 2. The number of H-pyrrole nitrogens is 1. The number of ether oxygens (including phenoxy) is 4. The molecule has 14 heteroatoms. The Morgan fingerprint density at radius 1 is 1.00 bits per heavy atom. The fourth-order valence-electron chi connectivity index (χ4n) is 5.83. The van der Waals surface area contributed by atoms with Crippen molar-refractivity contribution in [3.8, 4) is 17.6 Å². The molecule has 3 aromatic carbocycles. The highest BCUT2D eigenvalue weighted by molar-refractivity contribution is 7.44. The Bertz CT molecular complexity index is 1850. The summed E-state index contributed by atoms with van der Waals surface area (Å²) in [6.07, 6.45) is 1.56. The van der Waals surface area contributed by atoms with E-state index in [0.29, 0.717) is 23.6 Å². The minimum absolute atomic E-state index is 0.0656. The number of rotatable bonds is 14. The van der Waals surface area contributed by atoms with Gasteiger partial charge < -0.3 is 33.0 Å². The van der Waals surface area contributed by atoms with E-state index >= 15 is 0 Å². The van der Waals surface area contributed by atoms with E-state index in [4.69, 9.17) is 38.8 Å². The summed E-state index contributed by atoms with van der Waals surface area (Å²) < 4.78 is 38.2. The number of nitrogens with zero attached hydrogens (tertiary/aromatic N) is 4. The number of aromatic nitrogens is 4. The summed E-state index contributed by atoms with van der Waals surface area (Å²) in [6.45, 7) is 0.206. The van der Waals surface area contributed by atoms with Crippen LogP contribution in [0.25, 0.3) is 11.2 Å². The Hall–Kier alpha value is -4.67. The normalized spacial score (nSPS) is 18.4. The Balaban J connectivity index is 1.38. The van der Waals surface area contributed by atoms with Gasteiger partial charge in [-0.05, 0) is 41.0 Å². The summed E-state index contributed by atoms with van der Waals surface area (Å²) in [7, 11) is 1.41. The van der Waals surface area contributed by atoms with Crippen LogP contribution in [0.2, 0.25) is 0 Å². The summed E-state index contributed by atoms with van der Waals surface area (Å²) >= 11 is 0. The third kappa shape index (κ3) is 6.81. The zero-order chi connectivity index (χ0) is 33.5. The van der Waals surface area contributed by atoms with E-state index in [-0.39, 0.29) is 30.7 Å². The standard InChI is InChI=1S/C34H35N6O7P/c1-42-26-13-9-24(10-14-26)34(23-7-4-3-5-8-23,25-11-15-27(43-2)16-12-25)44-20-29-28(47-48(36)45-18-6-17-35)19-30(46-29)40-22-39-31-32(40)37-21-38-33(31)41/h3-5,7-16,21-22,28-30H,6,18-20,36H2,1-2H3,(H,37,38,41). The second kappa shape index (κ2) is 15.0. The predicted octanol–water partition coefficient (Wildman–Crippen LogP) is 4.93. The topological polar surface area (TPSA) is 169 Å². The molecule has 1 saturated heterocycles. The summed E-state index contributed by atoms with van der Waals surface area (Å²) in [5, 5.41) is 8.94. The molecule has 3 heterocycles. The first-order valence-corrected chi connectivity index (χ1v) is 16.5. The second-order valence-electron chi connectivity index (χ2n) is 10.9. The summed E-state index contributed by atoms with van der Waals surface area (Å²) in [6, 6.07) is 27.5. The zero-order valence-corrected chi connectivity index (χ0v) is 27.3. The molecule has 6 rings (SSSR count). The monoisotopic (exact) mass is 670 g/mol. The number of nitriles is 1. The Morgan fingerprint density at radius 2 is 1.65 bits per heavy atom. The van der Waals surface area contributed by atoms with Crippen LogP contribution in [0.15, 0.2) is 96.3 Å². The molecule has 0 bridgehead atoms. The van der Waals surface area contributed by atoms with Gasteiger partial charge in [0, 0.05) is 6.42 Å². The van der Waals surface area contributed by atoms with E-state index in [0.717, 1.165) is 16.7 Å². The molecule has 5 aromatic rings. The molecule has 0 radical (unpaired) electrons. The van der Waals surface area contributed by atoms with Crippen LogP contribution in [0.3, 0.4) is 0 Å². The predicted molar refractivity (Wildman–Crippen MR) is 177 cm³/mol. The first-order valence-electron chi connectivity index (χ1n) is 15.2. The van der Waals surface area contributed by atoms with E-state index in [1.165, 1.54) is 12.7 Å². The lowest BCUT2D eigenvalue weighted by Gasteiger charge is -2.37. The number of fused-ring (bicyclic) bond motifs is 1. The minimum Gasteiger partial charge on any atom is -0.497 e. The maximum Gasteiger partial charge on any atom is 0.278 e. The SMILES string of the molecule is COc1ccc(C(OCC2OC(n3cnc4c(=O)[nH]cnc43)CC2OP(N)OCCC#N)(c2ccccc2)c2ccc(OC)cc2)cc1. The van der Waals surface area contributed by atoms with Crippen LogP contribution in [0.4, 0.5) is 0 Å². The highest BCUT2D eigenvalue weighted by Crippen LogP contribution is 2.44. The van der Waals surface area contributed by atoms with Gasteiger partial charge >= 0.3 is 0 Å². The van der Waals surface area contributed by atoms with Gasteiger partial charge in [-0.25, -0.2) is 9.97 Å². The molecule has 4 unspecified atom stereocenters. The van der Waals surface area contributed by atoms with Gasteiger partial charge in [-0.1, -0.05) is 54.6 Å². The van der Waals surface area contributed by atoms with Crippen LogP contribution < -0.4 is 20.5 Å². The van der Waals surface area contributed by atoms with E-state index in [2.05, 4.69) is 15.0 Å². The highest BCUT2D eigenvalue weighted by Gasteiger charge is 2.44. The average Bonchev–Trinajstić information content (AvgIpc) is 3.74. The van der Waals surface area contributed by atoms with Gasteiger partial charge in [-0.2, -0.15) is 5.26 Å². The van der Waals surface area contributed by atoms with Crippen molar-refractivity contribution in [2.24, 2.45) is 5.50 Å². The van der Waals surface area contributed by atoms with Crippen molar-refractivity contribution in [3.63, 3.8) is 0 Å². The molecule has 48 heavy (non-hydrogen) atoms. The van der Waals surface area contributed by atoms with Crippen LogP contribution in [0, 0.1) is 11.3 Å². The fourth-order valence-corrected chi connectivity index (χ4v) is 6.65. The molecule has 1 aliphatic rings. The maximum atomic E-state index is 12.4. The number of benzene rings is 3. The molecule has 0 aliphatic carbocycles. The molecule has 3 N–H and O–H groups in total. The molecule has 0 amide bonds. The number of hydrogen-bond acceptors (Lipinski definition) is 11. The van der Waals surface area contributed by atoms with Gasteiger partial charge in [0.2, 0.25) is 0 Å².